The van der Waals surface area contributed by atoms with Crippen molar-refractivity contribution < 1.29 is 0 Å². The van der Waals surface area contributed by atoms with Gasteiger partial charge in [0.1, 0.15) is 0 Å². The molecule has 0 saturated carbocycles. The molecule has 1 nitrogen and oxygen atoms in total. The second-order valence-corrected chi connectivity index (χ2v) is 4.61. The van der Waals surface area contributed by atoms with Gasteiger partial charge in [0.15, 0.2) is 0 Å². The summed E-state index contributed by atoms with van der Waals surface area (Å²) < 4.78 is 0. The van der Waals surface area contributed by atoms with Crippen LogP contribution in [0.5, 0.6) is 0 Å². The van der Waals surface area contributed by atoms with Crippen molar-refractivity contribution >= 4 is 0 Å². The van der Waals surface area contributed by atoms with Crippen molar-refractivity contribution in [2.45, 2.75) is 38.6 Å². The highest BCUT2D eigenvalue weighted by Crippen LogP contribution is 2.23. The third kappa shape index (κ3) is 3.77. The van der Waals surface area contributed by atoms with Crippen LogP contribution in [0.15, 0.2) is 59.9 Å². The first kappa shape index (κ1) is 12.0. The molecule has 1 aliphatic carbocycles. The van der Waals surface area contributed by atoms with E-state index in [2.05, 4.69) is 61.0 Å². The topological polar surface area (TPSA) is 12.0 Å². The Balaban J connectivity index is 2.06. The fraction of sp³-hybridized carbons (Fsp3) is 0.375. The number of fused-ring (bicyclic) bond motifs is 3. The van der Waals surface area contributed by atoms with Crippen LogP contribution in [0.25, 0.3) is 0 Å². The molecule has 0 aromatic rings. The number of rotatable bonds is 3. The van der Waals surface area contributed by atoms with E-state index in [4.69, 9.17) is 0 Å². The first-order valence-corrected chi connectivity index (χ1v) is 6.53. The van der Waals surface area contributed by atoms with Gasteiger partial charge in [-0.3, -0.25) is 0 Å². The van der Waals surface area contributed by atoms with Crippen molar-refractivity contribution in [2.75, 3.05) is 0 Å². The summed E-state index contributed by atoms with van der Waals surface area (Å²) in [5.74, 6) is 0. The van der Waals surface area contributed by atoms with Gasteiger partial charge in [0.2, 0.25) is 0 Å². The summed E-state index contributed by atoms with van der Waals surface area (Å²) >= 11 is 0. The molecule has 90 valence electrons. The first-order valence-electron chi connectivity index (χ1n) is 6.53. The standard InChI is InChI=1S/C16H21N/c1-2-3-4-5-7-15-12-14-8-6-9-16(11-10-14)17-13-15/h3-9,13,16-17H,2,10-12H2,1H3/b4-3-,7-5-,15-13-. The molecule has 1 unspecified atom stereocenters. The largest absolute Gasteiger partial charge is 0.384 e. The van der Waals surface area contributed by atoms with Gasteiger partial charge in [-0.1, -0.05) is 55.0 Å². The second kappa shape index (κ2) is 6.29. The van der Waals surface area contributed by atoms with Gasteiger partial charge in [-0.2, -0.15) is 0 Å². The minimum Gasteiger partial charge on any atom is -0.384 e. The van der Waals surface area contributed by atoms with Crippen LogP contribution in [-0.2, 0) is 0 Å². The Labute approximate surface area is 104 Å². The maximum absolute atomic E-state index is 3.48. The quantitative estimate of drug-likeness (QED) is 0.718. The maximum atomic E-state index is 3.48. The molecular formula is C16H21N. The number of allylic oxidation sites excluding steroid dienone is 8. The zero-order chi connectivity index (χ0) is 11.9. The Morgan fingerprint density at radius 3 is 3.24 bits per heavy atom. The molecule has 2 bridgehead atoms. The fourth-order valence-electron chi connectivity index (χ4n) is 2.16. The van der Waals surface area contributed by atoms with Crippen LogP contribution in [0.3, 0.4) is 0 Å². The van der Waals surface area contributed by atoms with E-state index >= 15 is 0 Å². The summed E-state index contributed by atoms with van der Waals surface area (Å²) in [6.07, 6.45) is 22.1. The summed E-state index contributed by atoms with van der Waals surface area (Å²) in [5, 5.41) is 3.48. The minimum atomic E-state index is 0.499. The molecule has 0 spiro atoms. The Morgan fingerprint density at radius 2 is 2.35 bits per heavy atom. The van der Waals surface area contributed by atoms with Gasteiger partial charge in [0.25, 0.3) is 0 Å². The number of hydrogen-bond donors (Lipinski definition) is 1. The normalized spacial score (nSPS) is 27.2. The van der Waals surface area contributed by atoms with Crippen molar-refractivity contribution in [1.82, 2.24) is 5.32 Å². The zero-order valence-corrected chi connectivity index (χ0v) is 10.5. The van der Waals surface area contributed by atoms with E-state index in [1.165, 1.54) is 18.4 Å². The van der Waals surface area contributed by atoms with E-state index in [0.717, 1.165) is 12.8 Å². The van der Waals surface area contributed by atoms with E-state index in [1.807, 2.05) is 0 Å². The van der Waals surface area contributed by atoms with Crippen LogP contribution < -0.4 is 5.32 Å². The average molecular weight is 227 g/mol. The van der Waals surface area contributed by atoms with Crippen LogP contribution in [0.2, 0.25) is 0 Å². The van der Waals surface area contributed by atoms with Crippen molar-refractivity contribution in [3.05, 3.63) is 59.9 Å². The van der Waals surface area contributed by atoms with Crippen molar-refractivity contribution in [3.63, 3.8) is 0 Å². The summed E-state index contributed by atoms with van der Waals surface area (Å²) in [7, 11) is 0. The number of hydrogen-bond acceptors (Lipinski definition) is 1. The van der Waals surface area contributed by atoms with Gasteiger partial charge in [0, 0.05) is 12.2 Å². The van der Waals surface area contributed by atoms with Crippen LogP contribution in [-0.4, -0.2) is 6.04 Å². The van der Waals surface area contributed by atoms with Gasteiger partial charge in [0.05, 0.1) is 0 Å². The number of nitrogens with one attached hydrogen (secondary N) is 1. The fourth-order valence-corrected chi connectivity index (χ4v) is 2.16. The predicted molar refractivity (Wildman–Crippen MR) is 74.7 cm³/mol. The molecule has 17 heavy (non-hydrogen) atoms. The molecule has 0 saturated heterocycles. The SMILES string of the molecule is CC\C=C/C=C\C1=C\NC2C=CC=C(CC2)C1. The molecule has 2 aliphatic rings. The summed E-state index contributed by atoms with van der Waals surface area (Å²) in [4.78, 5) is 0. The van der Waals surface area contributed by atoms with Crippen LogP contribution in [0.1, 0.15) is 32.6 Å². The lowest BCUT2D eigenvalue weighted by molar-refractivity contribution is 0.622. The third-order valence-electron chi connectivity index (χ3n) is 3.16. The van der Waals surface area contributed by atoms with E-state index in [0.29, 0.717) is 6.04 Å². The lowest BCUT2D eigenvalue weighted by Gasteiger charge is -2.17. The van der Waals surface area contributed by atoms with Gasteiger partial charge in [-0.15, -0.1) is 0 Å². The molecule has 1 N–H and O–H groups in total. The van der Waals surface area contributed by atoms with E-state index in [9.17, 15) is 0 Å². The Morgan fingerprint density at radius 1 is 1.41 bits per heavy atom. The molecule has 0 amide bonds. The smallest absolute Gasteiger partial charge is 0.0445 e. The van der Waals surface area contributed by atoms with Crippen molar-refractivity contribution in [1.29, 1.82) is 0 Å². The van der Waals surface area contributed by atoms with Gasteiger partial charge < -0.3 is 5.32 Å². The monoisotopic (exact) mass is 227 g/mol. The summed E-state index contributed by atoms with van der Waals surface area (Å²) in [5.41, 5.74) is 2.91. The first-order chi connectivity index (χ1) is 8.38. The van der Waals surface area contributed by atoms with Crippen LogP contribution in [0.4, 0.5) is 0 Å². The summed E-state index contributed by atoms with van der Waals surface area (Å²) in [6.45, 7) is 2.15. The molecule has 1 heterocycles. The molecule has 0 radical (unpaired) electrons. The van der Waals surface area contributed by atoms with Crippen molar-refractivity contribution in [2.24, 2.45) is 0 Å². The van der Waals surface area contributed by atoms with E-state index < -0.39 is 0 Å². The zero-order valence-electron chi connectivity index (χ0n) is 10.5. The molecular weight excluding hydrogens is 206 g/mol. The minimum absolute atomic E-state index is 0.499. The van der Waals surface area contributed by atoms with Crippen LogP contribution in [0, 0.1) is 0 Å². The molecule has 1 heteroatoms. The second-order valence-electron chi connectivity index (χ2n) is 4.61. The molecule has 0 aromatic carbocycles. The van der Waals surface area contributed by atoms with Gasteiger partial charge in [-0.25, -0.2) is 0 Å². The Bertz CT molecular complexity index is 394. The Kier molecular flexibility index (Phi) is 4.43. The highest BCUT2D eigenvalue weighted by Gasteiger charge is 2.11. The average Bonchev–Trinajstić information content (AvgIpc) is 2.48. The maximum Gasteiger partial charge on any atom is 0.0445 e. The molecule has 1 atom stereocenters. The van der Waals surface area contributed by atoms with Crippen LogP contribution >= 0.6 is 0 Å². The lowest BCUT2D eigenvalue weighted by Crippen LogP contribution is -2.23. The van der Waals surface area contributed by atoms with Gasteiger partial charge >= 0.3 is 0 Å². The highest BCUT2D eigenvalue weighted by molar-refractivity contribution is 5.32. The highest BCUT2D eigenvalue weighted by atomic mass is 14.9. The predicted octanol–water partition coefficient (Wildman–Crippen LogP) is 4.03. The molecule has 1 aliphatic heterocycles. The molecule has 0 fully saturated rings. The molecule has 2 rings (SSSR count). The Hall–Kier alpha value is -1.50. The lowest BCUT2D eigenvalue weighted by atomic mass is 9.98. The van der Waals surface area contributed by atoms with Crippen molar-refractivity contribution in [3.8, 4) is 0 Å². The van der Waals surface area contributed by atoms with Gasteiger partial charge in [-0.05, 0) is 31.3 Å². The molecule has 0 aromatic heterocycles. The third-order valence-corrected chi connectivity index (χ3v) is 3.16. The van der Waals surface area contributed by atoms with E-state index in [-0.39, 0.29) is 0 Å². The summed E-state index contributed by atoms with van der Waals surface area (Å²) in [6, 6.07) is 0.499. The van der Waals surface area contributed by atoms with E-state index in [1.54, 1.807) is 5.57 Å².